The Hall–Kier alpha value is -0.580. The van der Waals surface area contributed by atoms with Gasteiger partial charge in [-0.3, -0.25) is 0 Å². The van der Waals surface area contributed by atoms with Gasteiger partial charge in [0.2, 0.25) is 0 Å². The Balaban J connectivity index is 2.75. The van der Waals surface area contributed by atoms with Crippen molar-refractivity contribution in [1.29, 1.82) is 0 Å². The molecule has 0 spiro atoms. The summed E-state index contributed by atoms with van der Waals surface area (Å²) in [6, 6.07) is 5.08. The summed E-state index contributed by atoms with van der Waals surface area (Å²) in [6.45, 7) is 5.30. The van der Waals surface area contributed by atoms with Gasteiger partial charge in [0.1, 0.15) is 5.82 Å². The van der Waals surface area contributed by atoms with Crippen molar-refractivity contribution >= 4 is 11.8 Å². The van der Waals surface area contributed by atoms with E-state index in [2.05, 4.69) is 19.2 Å². The maximum absolute atomic E-state index is 13.3. The lowest BCUT2D eigenvalue weighted by Crippen LogP contribution is -2.20. The molecule has 0 aliphatic carbocycles. The number of nitrogens with one attached hydrogen (secondary N) is 1. The molecule has 2 N–H and O–H groups in total. The maximum atomic E-state index is 13.3. The van der Waals surface area contributed by atoms with Crippen molar-refractivity contribution in [2.75, 3.05) is 18.9 Å². The van der Waals surface area contributed by atoms with Gasteiger partial charge in [0.05, 0.1) is 0 Å². The second kappa shape index (κ2) is 8.51. The molecule has 1 aromatic carbocycles. The molecule has 102 valence electrons. The van der Waals surface area contributed by atoms with Gasteiger partial charge in [0.15, 0.2) is 0 Å². The van der Waals surface area contributed by atoms with Crippen LogP contribution in [0.1, 0.15) is 38.3 Å². The third-order valence-corrected chi connectivity index (χ3v) is 3.87. The molecule has 0 amide bonds. The van der Waals surface area contributed by atoms with E-state index in [4.69, 9.17) is 5.11 Å². The molecule has 4 heteroatoms. The summed E-state index contributed by atoms with van der Waals surface area (Å²) in [6.07, 6.45) is 1.82. The number of thioether (sulfide) groups is 1. The van der Waals surface area contributed by atoms with Crippen molar-refractivity contribution in [3.8, 4) is 0 Å². The van der Waals surface area contributed by atoms with E-state index in [-0.39, 0.29) is 18.5 Å². The number of rotatable bonds is 8. The van der Waals surface area contributed by atoms with Gasteiger partial charge in [-0.1, -0.05) is 6.92 Å². The van der Waals surface area contributed by atoms with Gasteiger partial charge >= 0.3 is 0 Å². The van der Waals surface area contributed by atoms with Gasteiger partial charge in [0, 0.05) is 23.3 Å². The molecule has 18 heavy (non-hydrogen) atoms. The molecule has 0 fully saturated rings. The minimum Gasteiger partial charge on any atom is -0.396 e. The van der Waals surface area contributed by atoms with E-state index in [0.29, 0.717) is 0 Å². The van der Waals surface area contributed by atoms with Crippen molar-refractivity contribution in [2.45, 2.75) is 37.6 Å². The first kappa shape index (κ1) is 15.5. The van der Waals surface area contributed by atoms with E-state index in [9.17, 15) is 4.39 Å². The molecule has 0 aromatic heterocycles. The zero-order chi connectivity index (χ0) is 13.4. The van der Waals surface area contributed by atoms with Gasteiger partial charge < -0.3 is 10.4 Å². The van der Waals surface area contributed by atoms with E-state index in [1.165, 1.54) is 6.07 Å². The fraction of sp³-hybridized carbons (Fsp3) is 0.571. The van der Waals surface area contributed by atoms with Crippen LogP contribution in [0.15, 0.2) is 23.1 Å². The quantitative estimate of drug-likeness (QED) is 0.562. The highest BCUT2D eigenvalue weighted by Crippen LogP contribution is 2.28. The summed E-state index contributed by atoms with van der Waals surface area (Å²) in [5, 5.41) is 12.2. The molecule has 1 aromatic rings. The number of hydrogen-bond donors (Lipinski definition) is 2. The van der Waals surface area contributed by atoms with E-state index < -0.39 is 0 Å². The van der Waals surface area contributed by atoms with Crippen molar-refractivity contribution in [2.24, 2.45) is 0 Å². The average Bonchev–Trinajstić information content (AvgIpc) is 2.38. The molecule has 0 saturated carbocycles. The predicted molar refractivity (Wildman–Crippen MR) is 75.5 cm³/mol. The molecule has 0 heterocycles. The molecule has 0 radical (unpaired) electrons. The monoisotopic (exact) mass is 271 g/mol. The highest BCUT2D eigenvalue weighted by molar-refractivity contribution is 7.99. The third-order valence-electron chi connectivity index (χ3n) is 2.70. The number of aliphatic hydroxyl groups is 1. The fourth-order valence-electron chi connectivity index (χ4n) is 1.71. The molecule has 0 saturated heterocycles. The van der Waals surface area contributed by atoms with E-state index in [0.717, 1.165) is 35.6 Å². The summed E-state index contributed by atoms with van der Waals surface area (Å²) in [4.78, 5) is 1.10. The number of benzene rings is 1. The molecule has 1 unspecified atom stereocenters. The van der Waals surface area contributed by atoms with Crippen LogP contribution in [-0.4, -0.2) is 24.0 Å². The van der Waals surface area contributed by atoms with E-state index in [1.807, 2.05) is 6.07 Å². The van der Waals surface area contributed by atoms with E-state index in [1.54, 1.807) is 17.8 Å². The molecule has 0 bridgehead atoms. The van der Waals surface area contributed by atoms with Gasteiger partial charge in [0.25, 0.3) is 0 Å². The van der Waals surface area contributed by atoms with Crippen molar-refractivity contribution < 1.29 is 9.50 Å². The predicted octanol–water partition coefficient (Wildman–Crippen LogP) is 3.36. The van der Waals surface area contributed by atoms with Crippen molar-refractivity contribution in [3.63, 3.8) is 0 Å². The Bertz CT molecular complexity index is 360. The first-order valence-corrected chi connectivity index (χ1v) is 7.44. The third kappa shape index (κ3) is 4.96. The van der Waals surface area contributed by atoms with Crippen molar-refractivity contribution in [1.82, 2.24) is 5.32 Å². The summed E-state index contributed by atoms with van der Waals surface area (Å²) >= 11 is 1.68. The lowest BCUT2D eigenvalue weighted by Gasteiger charge is -2.17. The van der Waals surface area contributed by atoms with Crippen LogP contribution in [0.25, 0.3) is 0 Å². The van der Waals surface area contributed by atoms with Crippen LogP contribution in [-0.2, 0) is 0 Å². The van der Waals surface area contributed by atoms with Gasteiger partial charge in [-0.25, -0.2) is 4.39 Å². The van der Waals surface area contributed by atoms with Crippen LogP contribution >= 0.6 is 11.8 Å². The Kier molecular flexibility index (Phi) is 7.32. The summed E-state index contributed by atoms with van der Waals surface area (Å²) in [5.41, 5.74) is 1.01. The Labute approximate surface area is 113 Å². The van der Waals surface area contributed by atoms with Crippen LogP contribution in [0.5, 0.6) is 0 Å². The molecule has 0 aliphatic rings. The van der Waals surface area contributed by atoms with Crippen LogP contribution in [0.2, 0.25) is 0 Å². The first-order valence-electron chi connectivity index (χ1n) is 6.45. The number of halogens is 1. The Morgan fingerprint density at radius 2 is 2.22 bits per heavy atom. The topological polar surface area (TPSA) is 32.3 Å². The summed E-state index contributed by atoms with van der Waals surface area (Å²) < 4.78 is 13.3. The second-order valence-electron chi connectivity index (χ2n) is 4.28. The summed E-state index contributed by atoms with van der Waals surface area (Å²) in [5.74, 6) is 0.664. The van der Waals surface area contributed by atoms with Gasteiger partial charge in [-0.2, -0.15) is 0 Å². The van der Waals surface area contributed by atoms with Crippen molar-refractivity contribution in [3.05, 3.63) is 29.6 Å². The Morgan fingerprint density at radius 1 is 1.44 bits per heavy atom. The standard InChI is InChI=1S/C14H22FNOS/c1-3-7-16-11(2)13-10-12(15)5-6-14(13)18-9-4-8-17/h5-6,10-11,16-17H,3-4,7-9H2,1-2H3. The second-order valence-corrected chi connectivity index (χ2v) is 5.42. The maximum Gasteiger partial charge on any atom is 0.123 e. The van der Waals surface area contributed by atoms with E-state index >= 15 is 0 Å². The van der Waals surface area contributed by atoms with Crippen LogP contribution in [0.3, 0.4) is 0 Å². The Morgan fingerprint density at radius 3 is 2.89 bits per heavy atom. The minimum absolute atomic E-state index is 0.150. The first-order chi connectivity index (χ1) is 8.69. The molecule has 1 atom stereocenters. The molecule has 0 aliphatic heterocycles. The van der Waals surface area contributed by atoms with Crippen LogP contribution in [0.4, 0.5) is 4.39 Å². The zero-order valence-corrected chi connectivity index (χ0v) is 11.9. The lowest BCUT2D eigenvalue weighted by molar-refractivity contribution is 0.296. The van der Waals surface area contributed by atoms with Crippen LogP contribution in [0, 0.1) is 5.82 Å². The lowest BCUT2D eigenvalue weighted by atomic mass is 10.1. The van der Waals surface area contributed by atoms with Gasteiger partial charge in [-0.15, -0.1) is 11.8 Å². The highest BCUT2D eigenvalue weighted by Gasteiger charge is 2.11. The van der Waals surface area contributed by atoms with Gasteiger partial charge in [-0.05, 0) is 50.1 Å². The fourth-order valence-corrected chi connectivity index (χ4v) is 2.77. The highest BCUT2D eigenvalue weighted by atomic mass is 32.2. The SMILES string of the molecule is CCCNC(C)c1cc(F)ccc1SCCCO. The molecule has 1 rings (SSSR count). The minimum atomic E-state index is -0.193. The molecule has 2 nitrogen and oxygen atoms in total. The smallest absolute Gasteiger partial charge is 0.123 e. The van der Waals surface area contributed by atoms with Crippen LogP contribution < -0.4 is 5.32 Å². The molecular weight excluding hydrogens is 249 g/mol. The summed E-state index contributed by atoms with van der Waals surface area (Å²) in [7, 11) is 0. The average molecular weight is 271 g/mol. The normalized spacial score (nSPS) is 12.7. The molecular formula is C14H22FNOS. The largest absolute Gasteiger partial charge is 0.396 e. The number of aliphatic hydroxyl groups excluding tert-OH is 1. The zero-order valence-electron chi connectivity index (χ0n) is 11.1. The number of hydrogen-bond acceptors (Lipinski definition) is 3.